The second kappa shape index (κ2) is 10.4. The lowest BCUT2D eigenvalue weighted by molar-refractivity contribution is 0.397. The molecule has 8 heteroatoms. The summed E-state index contributed by atoms with van der Waals surface area (Å²) >= 11 is 0. The number of nitrogens with zero attached hydrogens (tertiary/aromatic N) is 2. The monoisotopic (exact) mass is 490 g/mol. The molecule has 0 saturated heterocycles. The minimum atomic E-state index is 0.524. The van der Waals surface area contributed by atoms with Crippen LogP contribution in [-0.4, -0.2) is 63.9 Å². The van der Waals surface area contributed by atoms with Crippen molar-refractivity contribution in [3.63, 3.8) is 0 Å². The van der Waals surface area contributed by atoms with Crippen molar-refractivity contribution in [3.8, 4) is 23.0 Å². The van der Waals surface area contributed by atoms with Gasteiger partial charge in [-0.25, -0.2) is 0 Å². The molecule has 0 saturated carbocycles. The van der Waals surface area contributed by atoms with Crippen molar-refractivity contribution >= 4 is 34.2 Å². The third kappa shape index (κ3) is 4.27. The Morgan fingerprint density at radius 3 is 1.31 bits per heavy atom. The number of aromatic amines is 2. The molecule has 4 aromatic rings. The van der Waals surface area contributed by atoms with Crippen LogP contribution >= 0.6 is 0 Å². The van der Waals surface area contributed by atoms with E-state index in [0.29, 0.717) is 24.6 Å². The van der Waals surface area contributed by atoms with Crippen molar-refractivity contribution in [3.05, 3.63) is 45.8 Å². The lowest BCUT2D eigenvalue weighted by atomic mass is 10.1. The molecule has 4 rings (SSSR count). The number of aryl methyl sites for hydroxylation is 4. The van der Waals surface area contributed by atoms with Gasteiger partial charge < -0.3 is 28.9 Å². The third-order valence-corrected chi connectivity index (χ3v) is 6.77. The van der Waals surface area contributed by atoms with Gasteiger partial charge in [-0.1, -0.05) is 0 Å². The molecule has 0 radical (unpaired) electrons. The molecule has 190 valence electrons. The van der Waals surface area contributed by atoms with E-state index >= 15 is 0 Å². The molecule has 8 nitrogen and oxygen atoms in total. The van der Waals surface area contributed by atoms with E-state index in [1.807, 2.05) is 24.6 Å². The second-order valence-electron chi connectivity index (χ2n) is 8.71. The Morgan fingerprint density at radius 2 is 0.972 bits per heavy atom. The summed E-state index contributed by atoms with van der Waals surface area (Å²) in [6, 6.07) is 3.81. The van der Waals surface area contributed by atoms with Gasteiger partial charge in [0.25, 0.3) is 0 Å². The fourth-order valence-corrected chi connectivity index (χ4v) is 4.59. The Morgan fingerprint density at radius 1 is 0.611 bits per heavy atom. The van der Waals surface area contributed by atoms with Crippen LogP contribution in [0.3, 0.4) is 0 Å². The number of fused-ring (bicyclic) bond motifs is 2. The third-order valence-electron chi connectivity index (χ3n) is 6.77. The molecule has 0 fully saturated rings. The van der Waals surface area contributed by atoms with Crippen LogP contribution < -0.4 is 18.9 Å². The lowest BCUT2D eigenvalue weighted by Gasteiger charge is -2.11. The molecule has 2 heterocycles. The van der Waals surface area contributed by atoms with Gasteiger partial charge >= 0.3 is 0 Å². The molecule has 36 heavy (non-hydrogen) atoms. The van der Waals surface area contributed by atoms with E-state index in [1.54, 1.807) is 28.4 Å². The number of hydrogen-bond donors (Lipinski definition) is 2. The van der Waals surface area contributed by atoms with Gasteiger partial charge in [0.2, 0.25) is 0 Å². The first kappa shape index (κ1) is 25.2. The molecule has 0 aliphatic heterocycles. The van der Waals surface area contributed by atoms with E-state index in [9.17, 15) is 0 Å². The highest BCUT2D eigenvalue weighted by molar-refractivity contribution is 6.06. The van der Waals surface area contributed by atoms with E-state index in [0.717, 1.165) is 66.9 Å². The molecule has 0 atom stereocenters. The molecule has 2 aromatic heterocycles. The summed E-state index contributed by atoms with van der Waals surface area (Å²) in [4.78, 5) is 16.2. The summed E-state index contributed by atoms with van der Waals surface area (Å²) in [5.74, 6) is 2.96. The minimum Gasteiger partial charge on any atom is -0.496 e. The number of nitrogens with one attached hydrogen (secondary N) is 2. The van der Waals surface area contributed by atoms with Crippen LogP contribution in [0.5, 0.6) is 23.0 Å². The van der Waals surface area contributed by atoms with Crippen molar-refractivity contribution in [2.75, 3.05) is 41.5 Å². The first-order chi connectivity index (χ1) is 17.4. The number of rotatable bonds is 9. The molecule has 0 aliphatic rings. The van der Waals surface area contributed by atoms with E-state index in [2.05, 4.69) is 47.6 Å². The SMILES string of the molecule is COc1cc(OC)c2c(C)c(C)[nH]c2c1C=NCCN=Cc1c(OC)cc(OC)c2c(C)c(C)[nH]c12. The number of ether oxygens (including phenoxy) is 4. The van der Waals surface area contributed by atoms with E-state index in [-0.39, 0.29) is 0 Å². The van der Waals surface area contributed by atoms with Crippen LogP contribution in [0.2, 0.25) is 0 Å². The van der Waals surface area contributed by atoms with Gasteiger partial charge in [-0.15, -0.1) is 0 Å². The maximum Gasteiger partial charge on any atom is 0.133 e. The Balaban J connectivity index is 1.59. The number of hydrogen-bond acceptors (Lipinski definition) is 6. The highest BCUT2D eigenvalue weighted by atomic mass is 16.5. The van der Waals surface area contributed by atoms with Crippen molar-refractivity contribution in [2.45, 2.75) is 27.7 Å². The number of benzene rings is 2. The largest absolute Gasteiger partial charge is 0.496 e. The van der Waals surface area contributed by atoms with Gasteiger partial charge in [-0.2, -0.15) is 0 Å². The Kier molecular flexibility index (Phi) is 7.24. The number of aromatic nitrogens is 2. The zero-order valence-corrected chi connectivity index (χ0v) is 22.3. The van der Waals surface area contributed by atoms with Crippen LogP contribution in [-0.2, 0) is 0 Å². The molecule has 0 aliphatic carbocycles. The Hall–Kier alpha value is -3.94. The van der Waals surface area contributed by atoms with Gasteiger partial charge in [0.1, 0.15) is 23.0 Å². The zero-order chi connectivity index (χ0) is 26.0. The lowest BCUT2D eigenvalue weighted by Crippen LogP contribution is -1.98. The fourth-order valence-electron chi connectivity index (χ4n) is 4.59. The van der Waals surface area contributed by atoms with Crippen molar-refractivity contribution in [2.24, 2.45) is 9.98 Å². The molecule has 2 N–H and O–H groups in total. The van der Waals surface area contributed by atoms with Crippen molar-refractivity contribution in [1.29, 1.82) is 0 Å². The van der Waals surface area contributed by atoms with Gasteiger partial charge in [-0.3, -0.25) is 9.98 Å². The predicted molar refractivity (Wildman–Crippen MR) is 147 cm³/mol. The van der Waals surface area contributed by atoms with Crippen LogP contribution in [0, 0.1) is 27.7 Å². The summed E-state index contributed by atoms with van der Waals surface area (Å²) in [7, 11) is 6.64. The average Bonchev–Trinajstić information content (AvgIpc) is 3.35. The maximum absolute atomic E-state index is 5.63. The topological polar surface area (TPSA) is 93.2 Å². The highest BCUT2D eigenvalue weighted by Gasteiger charge is 2.18. The van der Waals surface area contributed by atoms with Crippen LogP contribution in [0.1, 0.15) is 33.6 Å². The Bertz CT molecular complexity index is 1360. The molecular formula is C28H34N4O4. The van der Waals surface area contributed by atoms with Gasteiger partial charge in [0.15, 0.2) is 0 Å². The van der Waals surface area contributed by atoms with Crippen molar-refractivity contribution in [1.82, 2.24) is 9.97 Å². The van der Waals surface area contributed by atoms with Crippen LogP contribution in [0.25, 0.3) is 21.8 Å². The number of H-pyrrole nitrogens is 2. The zero-order valence-electron chi connectivity index (χ0n) is 22.3. The predicted octanol–water partition coefficient (Wildman–Crippen LogP) is 5.46. The Labute approximate surface area is 211 Å². The average molecular weight is 491 g/mol. The van der Waals surface area contributed by atoms with Crippen molar-refractivity contribution < 1.29 is 18.9 Å². The molecule has 2 aromatic carbocycles. The summed E-state index contributed by atoms with van der Waals surface area (Å²) < 4.78 is 22.5. The van der Waals surface area contributed by atoms with E-state index < -0.39 is 0 Å². The standard InChI is InChI=1S/C28H34N4O4/c1-15-17(3)31-27-19(21(33-5)11-23(35-7)25(15)27)13-29-9-10-30-14-20-22(34-6)12-24(36-8)26-16(2)18(4)32-28(20)26/h11-14,31-32H,9-10H2,1-8H3. The molecular weight excluding hydrogens is 456 g/mol. The smallest absolute Gasteiger partial charge is 0.133 e. The normalized spacial score (nSPS) is 11.9. The van der Waals surface area contributed by atoms with E-state index in [4.69, 9.17) is 18.9 Å². The first-order valence-electron chi connectivity index (χ1n) is 11.8. The number of aliphatic imine (C=N–C) groups is 2. The quantitative estimate of drug-likeness (QED) is 0.241. The van der Waals surface area contributed by atoms with Gasteiger partial charge in [0.05, 0.1) is 63.7 Å². The number of methoxy groups -OCH3 is 4. The second-order valence-corrected chi connectivity index (χ2v) is 8.71. The summed E-state index contributed by atoms with van der Waals surface area (Å²) in [5.41, 5.74) is 8.17. The van der Waals surface area contributed by atoms with Crippen LogP contribution in [0.15, 0.2) is 22.1 Å². The van der Waals surface area contributed by atoms with E-state index in [1.165, 1.54) is 0 Å². The summed E-state index contributed by atoms with van der Waals surface area (Å²) in [6.07, 6.45) is 3.69. The molecule has 0 amide bonds. The van der Waals surface area contributed by atoms with Gasteiger partial charge in [-0.05, 0) is 38.8 Å². The summed E-state index contributed by atoms with van der Waals surface area (Å²) in [6.45, 7) is 9.31. The first-order valence-corrected chi connectivity index (χ1v) is 11.8. The fraction of sp³-hybridized carbons (Fsp3) is 0.357. The molecule has 0 bridgehead atoms. The maximum atomic E-state index is 5.63. The molecule has 0 unspecified atom stereocenters. The summed E-state index contributed by atoms with van der Waals surface area (Å²) in [5, 5.41) is 2.09. The minimum absolute atomic E-state index is 0.524. The molecule has 0 spiro atoms. The highest BCUT2D eigenvalue weighted by Crippen LogP contribution is 2.39. The van der Waals surface area contributed by atoms with Crippen LogP contribution in [0.4, 0.5) is 0 Å². The van der Waals surface area contributed by atoms with Gasteiger partial charge in [0, 0.05) is 46.7 Å².